The number of rotatable bonds is 1. The van der Waals surface area contributed by atoms with E-state index in [1.54, 1.807) is 0 Å². The van der Waals surface area contributed by atoms with E-state index in [0.29, 0.717) is 5.92 Å². The maximum atomic E-state index is 5.81. The monoisotopic (exact) mass is 196 g/mol. The van der Waals surface area contributed by atoms with Crippen LogP contribution in [0.2, 0.25) is 0 Å². The molecule has 2 nitrogen and oxygen atoms in total. The van der Waals surface area contributed by atoms with Crippen molar-refractivity contribution in [1.29, 1.82) is 0 Å². The fourth-order valence-corrected chi connectivity index (χ4v) is 1.79. The number of hydrogen-bond donors (Lipinski definition) is 0. The highest BCUT2D eigenvalue weighted by Gasteiger charge is 2.55. The molecule has 1 saturated carbocycles. The second kappa shape index (κ2) is 3.07. The standard InChI is InChI=1S/C12H20O2/c1-9(2)5-10-6-12(10)13-7-11(3,4)8-14-12/h5,9H,6-8H2,1-4H3/b10-5+. The van der Waals surface area contributed by atoms with Gasteiger partial charge in [0.15, 0.2) is 5.79 Å². The van der Waals surface area contributed by atoms with E-state index in [2.05, 4.69) is 33.8 Å². The van der Waals surface area contributed by atoms with E-state index >= 15 is 0 Å². The zero-order chi connectivity index (χ0) is 10.4. The van der Waals surface area contributed by atoms with E-state index in [4.69, 9.17) is 9.47 Å². The molecule has 80 valence electrons. The molecule has 0 aromatic heterocycles. The summed E-state index contributed by atoms with van der Waals surface area (Å²) in [6.07, 6.45) is 3.24. The summed E-state index contributed by atoms with van der Waals surface area (Å²) in [4.78, 5) is 0. The SMILES string of the molecule is CC(C)/C=C1\CC12OCC(C)(C)CO2. The second-order valence-electron chi connectivity index (χ2n) is 5.61. The molecule has 1 saturated heterocycles. The molecule has 0 atom stereocenters. The Kier molecular flexibility index (Phi) is 2.24. The van der Waals surface area contributed by atoms with Crippen LogP contribution in [0.4, 0.5) is 0 Å². The number of allylic oxidation sites excluding steroid dienone is 1. The second-order valence-corrected chi connectivity index (χ2v) is 5.61. The molecule has 1 aliphatic carbocycles. The van der Waals surface area contributed by atoms with Gasteiger partial charge in [0.2, 0.25) is 0 Å². The maximum Gasteiger partial charge on any atom is 0.194 e. The molecule has 2 aliphatic rings. The zero-order valence-electron chi connectivity index (χ0n) is 9.59. The predicted molar refractivity (Wildman–Crippen MR) is 56.0 cm³/mol. The highest BCUT2D eigenvalue weighted by atomic mass is 16.7. The van der Waals surface area contributed by atoms with Crippen LogP contribution in [-0.4, -0.2) is 19.0 Å². The lowest BCUT2D eigenvalue weighted by atomic mass is 9.95. The fourth-order valence-electron chi connectivity index (χ4n) is 1.79. The molecule has 2 heteroatoms. The molecular weight excluding hydrogens is 176 g/mol. The third-order valence-corrected chi connectivity index (χ3v) is 2.71. The summed E-state index contributed by atoms with van der Waals surface area (Å²) in [5.74, 6) is 0.284. The summed E-state index contributed by atoms with van der Waals surface area (Å²) >= 11 is 0. The Balaban J connectivity index is 1.98. The van der Waals surface area contributed by atoms with Gasteiger partial charge in [-0.25, -0.2) is 0 Å². The van der Waals surface area contributed by atoms with Crippen molar-refractivity contribution in [3.8, 4) is 0 Å². The lowest BCUT2D eigenvalue weighted by Crippen LogP contribution is -2.39. The van der Waals surface area contributed by atoms with Crippen LogP contribution in [0.25, 0.3) is 0 Å². The van der Waals surface area contributed by atoms with Crippen LogP contribution in [0.5, 0.6) is 0 Å². The van der Waals surface area contributed by atoms with E-state index < -0.39 is 0 Å². The molecular formula is C12H20O2. The van der Waals surface area contributed by atoms with E-state index in [1.165, 1.54) is 5.57 Å². The van der Waals surface area contributed by atoms with Crippen molar-refractivity contribution in [1.82, 2.24) is 0 Å². The summed E-state index contributed by atoms with van der Waals surface area (Å²) < 4.78 is 11.6. The first-order valence-corrected chi connectivity index (χ1v) is 5.43. The summed E-state index contributed by atoms with van der Waals surface area (Å²) in [6, 6.07) is 0. The van der Waals surface area contributed by atoms with Crippen molar-refractivity contribution in [3.63, 3.8) is 0 Å². The fraction of sp³-hybridized carbons (Fsp3) is 0.833. The van der Waals surface area contributed by atoms with Crippen LogP contribution in [0.1, 0.15) is 34.1 Å². The van der Waals surface area contributed by atoms with Crippen LogP contribution in [-0.2, 0) is 9.47 Å². The summed E-state index contributed by atoms with van der Waals surface area (Å²) in [7, 11) is 0. The molecule has 2 fully saturated rings. The van der Waals surface area contributed by atoms with Gasteiger partial charge in [-0.15, -0.1) is 0 Å². The van der Waals surface area contributed by atoms with Gasteiger partial charge in [0.05, 0.1) is 13.2 Å². The topological polar surface area (TPSA) is 18.5 Å². The first-order valence-electron chi connectivity index (χ1n) is 5.43. The summed E-state index contributed by atoms with van der Waals surface area (Å²) in [5.41, 5.74) is 1.51. The molecule has 0 N–H and O–H groups in total. The maximum absolute atomic E-state index is 5.81. The molecule has 1 aliphatic heterocycles. The average molecular weight is 196 g/mol. The summed E-state index contributed by atoms with van der Waals surface area (Å²) in [6.45, 7) is 10.3. The quantitative estimate of drug-likeness (QED) is 0.600. The largest absolute Gasteiger partial charge is 0.345 e. The molecule has 0 radical (unpaired) electrons. The van der Waals surface area contributed by atoms with Crippen molar-refractivity contribution in [2.24, 2.45) is 11.3 Å². The van der Waals surface area contributed by atoms with Crippen LogP contribution < -0.4 is 0 Å². The van der Waals surface area contributed by atoms with E-state index in [1.807, 2.05) is 0 Å². The van der Waals surface area contributed by atoms with E-state index in [-0.39, 0.29) is 11.2 Å². The van der Waals surface area contributed by atoms with Gasteiger partial charge in [-0.1, -0.05) is 33.8 Å². The minimum absolute atomic E-state index is 0.177. The molecule has 1 heterocycles. The van der Waals surface area contributed by atoms with Gasteiger partial charge < -0.3 is 9.47 Å². The Labute approximate surface area is 86.3 Å². The average Bonchev–Trinajstić information content (AvgIpc) is 2.71. The van der Waals surface area contributed by atoms with Crippen LogP contribution in [0.15, 0.2) is 11.6 Å². The normalized spacial score (nSPS) is 31.4. The van der Waals surface area contributed by atoms with Crippen molar-refractivity contribution in [2.45, 2.75) is 39.9 Å². The zero-order valence-corrected chi connectivity index (χ0v) is 9.59. The third kappa shape index (κ3) is 1.86. The first kappa shape index (κ1) is 10.2. The van der Waals surface area contributed by atoms with Gasteiger partial charge in [-0.3, -0.25) is 0 Å². The Morgan fingerprint density at radius 3 is 2.29 bits per heavy atom. The molecule has 2 rings (SSSR count). The van der Waals surface area contributed by atoms with Crippen molar-refractivity contribution >= 4 is 0 Å². The van der Waals surface area contributed by atoms with Crippen LogP contribution in [0.3, 0.4) is 0 Å². The molecule has 0 aromatic rings. The van der Waals surface area contributed by atoms with Gasteiger partial charge in [0.25, 0.3) is 0 Å². The smallest absolute Gasteiger partial charge is 0.194 e. The van der Waals surface area contributed by atoms with Gasteiger partial charge in [-0.2, -0.15) is 0 Å². The Morgan fingerprint density at radius 1 is 1.21 bits per heavy atom. The number of ether oxygens (including phenoxy) is 2. The molecule has 0 bridgehead atoms. The summed E-state index contributed by atoms with van der Waals surface area (Å²) in [5, 5.41) is 0. The molecule has 0 amide bonds. The van der Waals surface area contributed by atoms with Gasteiger partial charge in [0, 0.05) is 11.8 Å². The molecule has 14 heavy (non-hydrogen) atoms. The van der Waals surface area contributed by atoms with Gasteiger partial charge >= 0.3 is 0 Å². The molecule has 0 aromatic carbocycles. The highest BCUT2D eigenvalue weighted by Crippen LogP contribution is 2.51. The highest BCUT2D eigenvalue weighted by molar-refractivity contribution is 5.33. The van der Waals surface area contributed by atoms with Crippen LogP contribution >= 0.6 is 0 Å². The Bertz CT molecular complexity index is 253. The Morgan fingerprint density at radius 2 is 1.79 bits per heavy atom. The lowest BCUT2D eigenvalue weighted by Gasteiger charge is -2.34. The van der Waals surface area contributed by atoms with Gasteiger partial charge in [-0.05, 0) is 11.5 Å². The van der Waals surface area contributed by atoms with E-state index in [0.717, 1.165) is 19.6 Å². The molecule has 0 unspecified atom stereocenters. The number of hydrogen-bond acceptors (Lipinski definition) is 2. The Hall–Kier alpha value is -0.340. The minimum Gasteiger partial charge on any atom is -0.345 e. The van der Waals surface area contributed by atoms with Gasteiger partial charge in [0.1, 0.15) is 0 Å². The van der Waals surface area contributed by atoms with E-state index in [9.17, 15) is 0 Å². The lowest BCUT2D eigenvalue weighted by molar-refractivity contribution is -0.233. The van der Waals surface area contributed by atoms with Crippen LogP contribution in [0, 0.1) is 11.3 Å². The third-order valence-electron chi connectivity index (χ3n) is 2.71. The van der Waals surface area contributed by atoms with Crippen molar-refractivity contribution < 1.29 is 9.47 Å². The predicted octanol–water partition coefficient (Wildman–Crippen LogP) is 2.74. The first-order chi connectivity index (χ1) is 6.44. The molecule has 1 spiro atoms. The van der Waals surface area contributed by atoms with Crippen molar-refractivity contribution in [2.75, 3.05) is 13.2 Å². The minimum atomic E-state index is -0.306. The van der Waals surface area contributed by atoms with Crippen molar-refractivity contribution in [3.05, 3.63) is 11.6 Å².